The van der Waals surface area contributed by atoms with E-state index in [4.69, 9.17) is 0 Å². The van der Waals surface area contributed by atoms with Crippen molar-refractivity contribution in [3.63, 3.8) is 0 Å². The van der Waals surface area contributed by atoms with E-state index in [9.17, 15) is 9.18 Å². The largest absolute Gasteiger partial charge is 0.341 e. The Morgan fingerprint density at radius 3 is 2.70 bits per heavy atom. The van der Waals surface area contributed by atoms with Crippen molar-refractivity contribution in [1.82, 2.24) is 15.3 Å². The predicted octanol–water partition coefficient (Wildman–Crippen LogP) is 2.95. The van der Waals surface area contributed by atoms with E-state index < -0.39 is 6.04 Å². The maximum atomic E-state index is 13.4. The first kappa shape index (κ1) is 19.2. The molecule has 6 nitrogen and oxygen atoms in total. The summed E-state index contributed by atoms with van der Waals surface area (Å²) in [6, 6.07) is 5.83. The van der Waals surface area contributed by atoms with Crippen molar-refractivity contribution in [1.29, 1.82) is 0 Å². The highest BCUT2D eigenvalue weighted by molar-refractivity contribution is 5.95. The van der Waals surface area contributed by atoms with Crippen LogP contribution in [0.4, 0.5) is 16.0 Å². The van der Waals surface area contributed by atoms with E-state index in [0.29, 0.717) is 12.2 Å². The highest BCUT2D eigenvalue weighted by atomic mass is 19.1. The molecule has 1 unspecified atom stereocenters. The van der Waals surface area contributed by atoms with Crippen LogP contribution in [-0.2, 0) is 11.3 Å². The van der Waals surface area contributed by atoms with Crippen LogP contribution in [-0.4, -0.2) is 35.0 Å². The van der Waals surface area contributed by atoms with Gasteiger partial charge in [0.1, 0.15) is 5.82 Å². The number of nitrogens with zero attached hydrogens (tertiary/aromatic N) is 3. The number of benzene rings is 1. The third-order valence-corrected chi connectivity index (χ3v) is 4.72. The molecule has 144 valence electrons. The van der Waals surface area contributed by atoms with Gasteiger partial charge in [0.15, 0.2) is 0 Å². The topological polar surface area (TPSA) is 70.2 Å². The summed E-state index contributed by atoms with van der Waals surface area (Å²) in [6.45, 7) is 7.99. The number of anilines is 2. The van der Waals surface area contributed by atoms with Crippen molar-refractivity contribution in [2.24, 2.45) is 0 Å². The lowest BCUT2D eigenvalue weighted by Gasteiger charge is -2.18. The summed E-state index contributed by atoms with van der Waals surface area (Å²) in [5.41, 5.74) is 3.07. The van der Waals surface area contributed by atoms with Crippen LogP contribution >= 0.6 is 0 Å². The Labute approximate surface area is 159 Å². The fourth-order valence-corrected chi connectivity index (χ4v) is 3.09. The Morgan fingerprint density at radius 2 is 1.96 bits per heavy atom. The minimum absolute atomic E-state index is 0.214. The average Bonchev–Trinajstić information content (AvgIpc) is 3.17. The molecule has 1 atom stereocenters. The van der Waals surface area contributed by atoms with Gasteiger partial charge >= 0.3 is 0 Å². The molecular formula is C20H26FN5O. The van der Waals surface area contributed by atoms with Crippen LogP contribution in [0.25, 0.3) is 0 Å². The number of aromatic nitrogens is 2. The number of nitrogens with one attached hydrogen (secondary N) is 2. The molecule has 1 fully saturated rings. The lowest BCUT2D eigenvalue weighted by atomic mass is 10.2. The van der Waals surface area contributed by atoms with Crippen LogP contribution in [0.15, 0.2) is 24.3 Å². The van der Waals surface area contributed by atoms with Crippen LogP contribution < -0.4 is 15.5 Å². The SMILES string of the molecule is Cc1cc(CNC(C)C(=O)Nc2cc(F)ccc2C)nc(N2CCCC2)n1. The van der Waals surface area contributed by atoms with Crippen LogP contribution in [0, 0.1) is 19.7 Å². The van der Waals surface area contributed by atoms with Crippen molar-refractivity contribution in [3.05, 3.63) is 47.0 Å². The van der Waals surface area contributed by atoms with Gasteiger partial charge in [-0.1, -0.05) is 6.07 Å². The minimum Gasteiger partial charge on any atom is -0.341 e. The number of hydrogen-bond acceptors (Lipinski definition) is 5. The molecule has 1 aromatic carbocycles. The van der Waals surface area contributed by atoms with Crippen molar-refractivity contribution in [2.75, 3.05) is 23.3 Å². The maximum Gasteiger partial charge on any atom is 0.241 e. The maximum absolute atomic E-state index is 13.4. The molecule has 1 saturated heterocycles. The van der Waals surface area contributed by atoms with Gasteiger partial charge in [0, 0.05) is 31.0 Å². The monoisotopic (exact) mass is 371 g/mol. The number of halogens is 1. The van der Waals surface area contributed by atoms with Gasteiger partial charge in [-0.3, -0.25) is 4.79 Å². The number of rotatable bonds is 6. The molecule has 0 aliphatic carbocycles. The number of carbonyl (C=O) groups is 1. The van der Waals surface area contributed by atoms with Gasteiger partial charge in [-0.25, -0.2) is 14.4 Å². The number of carbonyl (C=O) groups excluding carboxylic acids is 1. The first-order chi connectivity index (χ1) is 12.9. The van der Waals surface area contributed by atoms with Crippen LogP contribution in [0.1, 0.15) is 36.7 Å². The van der Waals surface area contributed by atoms with Crippen molar-refractivity contribution in [2.45, 2.75) is 46.2 Å². The smallest absolute Gasteiger partial charge is 0.241 e. The Kier molecular flexibility index (Phi) is 6.01. The van der Waals surface area contributed by atoms with E-state index in [2.05, 4.69) is 25.5 Å². The molecule has 0 saturated carbocycles. The number of hydrogen-bond donors (Lipinski definition) is 2. The highest BCUT2D eigenvalue weighted by Crippen LogP contribution is 2.17. The van der Waals surface area contributed by atoms with Crippen molar-refractivity contribution in [3.8, 4) is 0 Å². The van der Waals surface area contributed by atoms with Gasteiger partial charge in [0.2, 0.25) is 11.9 Å². The van der Waals surface area contributed by atoms with Crippen LogP contribution in [0.3, 0.4) is 0 Å². The minimum atomic E-state index is -0.446. The standard InChI is InChI=1S/C20H26FN5O/c1-13-6-7-16(21)11-18(13)25-19(27)15(3)22-12-17-10-14(2)23-20(24-17)26-8-4-5-9-26/h6-7,10-11,15,22H,4-5,8-9,12H2,1-3H3,(H,25,27). The first-order valence-corrected chi connectivity index (χ1v) is 9.32. The molecule has 2 aromatic rings. The number of amides is 1. The van der Waals surface area contributed by atoms with Crippen molar-refractivity contribution >= 4 is 17.5 Å². The summed E-state index contributed by atoms with van der Waals surface area (Å²) in [4.78, 5) is 23.7. The molecule has 2 N–H and O–H groups in total. The van der Waals surface area contributed by atoms with Crippen molar-refractivity contribution < 1.29 is 9.18 Å². The normalized spacial score (nSPS) is 15.0. The third kappa shape index (κ3) is 5.01. The van der Waals surface area contributed by atoms with E-state index in [1.54, 1.807) is 13.0 Å². The second kappa shape index (κ2) is 8.43. The number of aryl methyl sites for hydroxylation is 2. The molecule has 1 aliphatic rings. The molecule has 0 radical (unpaired) electrons. The molecular weight excluding hydrogens is 345 g/mol. The van der Waals surface area contributed by atoms with E-state index in [1.807, 2.05) is 19.9 Å². The summed E-state index contributed by atoms with van der Waals surface area (Å²) < 4.78 is 13.4. The molecule has 3 rings (SSSR count). The van der Waals surface area contributed by atoms with E-state index in [-0.39, 0.29) is 11.7 Å². The van der Waals surface area contributed by atoms with E-state index in [1.165, 1.54) is 25.0 Å². The van der Waals surface area contributed by atoms with Gasteiger partial charge in [-0.05, 0) is 57.4 Å². The van der Waals surface area contributed by atoms with Gasteiger partial charge in [-0.15, -0.1) is 0 Å². The van der Waals surface area contributed by atoms with E-state index >= 15 is 0 Å². The molecule has 2 heterocycles. The molecule has 27 heavy (non-hydrogen) atoms. The van der Waals surface area contributed by atoms with E-state index in [0.717, 1.165) is 36.0 Å². The molecule has 7 heteroatoms. The summed E-state index contributed by atoms with van der Waals surface area (Å²) >= 11 is 0. The average molecular weight is 371 g/mol. The Balaban J connectivity index is 1.60. The molecule has 1 aromatic heterocycles. The summed E-state index contributed by atoms with van der Waals surface area (Å²) in [7, 11) is 0. The summed E-state index contributed by atoms with van der Waals surface area (Å²) in [6.07, 6.45) is 2.34. The first-order valence-electron chi connectivity index (χ1n) is 9.32. The van der Waals surface area contributed by atoms with Gasteiger partial charge in [0.05, 0.1) is 11.7 Å². The zero-order valence-electron chi connectivity index (χ0n) is 16.1. The lowest BCUT2D eigenvalue weighted by Crippen LogP contribution is -2.38. The third-order valence-electron chi connectivity index (χ3n) is 4.72. The predicted molar refractivity (Wildman–Crippen MR) is 104 cm³/mol. The fraction of sp³-hybridized carbons (Fsp3) is 0.450. The van der Waals surface area contributed by atoms with Crippen LogP contribution in [0.5, 0.6) is 0 Å². The zero-order valence-corrected chi connectivity index (χ0v) is 16.1. The Bertz CT molecular complexity index is 820. The highest BCUT2D eigenvalue weighted by Gasteiger charge is 2.17. The second-order valence-corrected chi connectivity index (χ2v) is 7.05. The fourth-order valence-electron chi connectivity index (χ4n) is 3.09. The van der Waals surface area contributed by atoms with Gasteiger partial charge in [-0.2, -0.15) is 0 Å². The second-order valence-electron chi connectivity index (χ2n) is 7.05. The zero-order chi connectivity index (χ0) is 19.4. The molecule has 1 aliphatic heterocycles. The molecule has 0 bridgehead atoms. The molecule has 1 amide bonds. The molecule has 0 spiro atoms. The summed E-state index contributed by atoms with van der Waals surface area (Å²) in [5, 5.41) is 5.96. The van der Waals surface area contributed by atoms with Crippen LogP contribution in [0.2, 0.25) is 0 Å². The Morgan fingerprint density at radius 1 is 1.22 bits per heavy atom. The van der Waals surface area contributed by atoms with Gasteiger partial charge < -0.3 is 15.5 Å². The quantitative estimate of drug-likeness (QED) is 0.817. The lowest BCUT2D eigenvalue weighted by molar-refractivity contribution is -0.117. The van der Waals surface area contributed by atoms with Gasteiger partial charge in [0.25, 0.3) is 0 Å². The Hall–Kier alpha value is -2.54. The summed E-state index contributed by atoms with van der Waals surface area (Å²) in [5.74, 6) is 0.174.